The van der Waals surface area contributed by atoms with Crippen molar-refractivity contribution in [3.8, 4) is 0 Å². The maximum Gasteiger partial charge on any atom is 0.264 e. The molecule has 4 heteroatoms. The van der Waals surface area contributed by atoms with Crippen LogP contribution in [0.3, 0.4) is 0 Å². The summed E-state index contributed by atoms with van der Waals surface area (Å²) in [5.74, 6) is 0.807. The van der Waals surface area contributed by atoms with Crippen LogP contribution in [-0.4, -0.2) is 18.7 Å². The Kier molecular flexibility index (Phi) is 5.61. The lowest BCUT2D eigenvalue weighted by Gasteiger charge is -2.21. The van der Waals surface area contributed by atoms with Crippen molar-refractivity contribution in [2.75, 3.05) is 5.75 Å². The van der Waals surface area contributed by atoms with Crippen LogP contribution in [0.4, 0.5) is 0 Å². The van der Waals surface area contributed by atoms with Gasteiger partial charge in [-0.25, -0.2) is 0 Å². The van der Waals surface area contributed by atoms with E-state index in [1.54, 1.807) is 0 Å². The maximum atomic E-state index is 10.5. The molecule has 0 unspecified atom stereocenters. The van der Waals surface area contributed by atoms with Crippen LogP contribution in [0.25, 0.3) is 0 Å². The summed E-state index contributed by atoms with van der Waals surface area (Å²) in [5.41, 5.74) is 0. The Hall–Kier alpha value is -0.0900. The molecule has 0 bridgehead atoms. The van der Waals surface area contributed by atoms with Crippen molar-refractivity contribution in [1.82, 2.24) is 0 Å². The van der Waals surface area contributed by atoms with Crippen molar-refractivity contribution in [3.05, 3.63) is 0 Å². The largest absolute Gasteiger partial charge is 0.286 e. The second-order valence-corrected chi connectivity index (χ2v) is 6.21. The Morgan fingerprint density at radius 1 is 1.00 bits per heavy atom. The molecule has 1 rings (SSSR count). The van der Waals surface area contributed by atoms with Crippen LogP contribution >= 0.6 is 0 Å². The molecular weight excluding hydrogens is 212 g/mol. The fourth-order valence-electron chi connectivity index (χ4n) is 2.37. The van der Waals surface area contributed by atoms with Gasteiger partial charge in [-0.2, -0.15) is 8.42 Å². The van der Waals surface area contributed by atoms with E-state index < -0.39 is 10.1 Å². The molecule has 0 saturated heterocycles. The van der Waals surface area contributed by atoms with Crippen LogP contribution in [-0.2, 0) is 10.1 Å². The van der Waals surface area contributed by atoms with Gasteiger partial charge in [-0.1, -0.05) is 51.4 Å². The zero-order valence-corrected chi connectivity index (χ0v) is 10.1. The lowest BCUT2D eigenvalue weighted by molar-refractivity contribution is 0.329. The quantitative estimate of drug-likeness (QED) is 0.567. The van der Waals surface area contributed by atoms with Gasteiger partial charge >= 0.3 is 0 Å². The SMILES string of the molecule is O=S(=O)(O)CCCCCC1CCCCC1. The van der Waals surface area contributed by atoms with E-state index in [-0.39, 0.29) is 5.75 Å². The van der Waals surface area contributed by atoms with Gasteiger partial charge in [0.15, 0.2) is 0 Å². The van der Waals surface area contributed by atoms with Gasteiger partial charge < -0.3 is 0 Å². The van der Waals surface area contributed by atoms with Crippen LogP contribution in [0.2, 0.25) is 0 Å². The second kappa shape index (κ2) is 6.48. The van der Waals surface area contributed by atoms with Crippen molar-refractivity contribution < 1.29 is 13.0 Å². The summed E-state index contributed by atoms with van der Waals surface area (Å²) in [6.07, 6.45) is 10.7. The Balaban J connectivity index is 1.96. The molecule has 1 aliphatic rings. The molecule has 0 radical (unpaired) electrons. The smallest absolute Gasteiger partial charge is 0.264 e. The highest BCUT2D eigenvalue weighted by atomic mass is 32.2. The van der Waals surface area contributed by atoms with Crippen LogP contribution in [0, 0.1) is 5.92 Å². The van der Waals surface area contributed by atoms with Crippen molar-refractivity contribution in [1.29, 1.82) is 0 Å². The molecule has 3 nitrogen and oxygen atoms in total. The molecule has 0 aliphatic heterocycles. The molecule has 1 N–H and O–H groups in total. The zero-order valence-electron chi connectivity index (χ0n) is 9.32. The van der Waals surface area contributed by atoms with Crippen LogP contribution in [0.5, 0.6) is 0 Å². The average molecular weight is 234 g/mol. The monoisotopic (exact) mass is 234 g/mol. The molecule has 1 saturated carbocycles. The zero-order chi connectivity index (χ0) is 11.1. The van der Waals surface area contributed by atoms with Crippen molar-refractivity contribution >= 4 is 10.1 Å². The van der Waals surface area contributed by atoms with E-state index in [0.717, 1.165) is 18.8 Å². The summed E-state index contributed by atoms with van der Waals surface area (Å²) < 4.78 is 29.4. The fraction of sp³-hybridized carbons (Fsp3) is 1.00. The summed E-state index contributed by atoms with van der Waals surface area (Å²) in [4.78, 5) is 0. The van der Waals surface area contributed by atoms with E-state index >= 15 is 0 Å². The summed E-state index contributed by atoms with van der Waals surface area (Å²) in [6.45, 7) is 0. The minimum atomic E-state index is -3.73. The third kappa shape index (κ3) is 6.90. The van der Waals surface area contributed by atoms with Gasteiger partial charge in [-0.3, -0.25) is 4.55 Å². The second-order valence-electron chi connectivity index (χ2n) is 4.64. The normalized spacial score (nSPS) is 19.3. The Labute approximate surface area is 93.0 Å². The molecule has 0 aromatic carbocycles. The molecule has 1 fully saturated rings. The van der Waals surface area contributed by atoms with Gasteiger partial charge in [0.1, 0.15) is 0 Å². The molecule has 15 heavy (non-hydrogen) atoms. The third-order valence-electron chi connectivity index (χ3n) is 3.24. The number of rotatable bonds is 6. The Morgan fingerprint density at radius 3 is 2.27 bits per heavy atom. The molecule has 1 aliphatic carbocycles. The maximum absolute atomic E-state index is 10.5. The predicted molar refractivity (Wildman–Crippen MR) is 61.5 cm³/mol. The minimum Gasteiger partial charge on any atom is -0.286 e. The van der Waals surface area contributed by atoms with E-state index in [9.17, 15) is 8.42 Å². The van der Waals surface area contributed by atoms with Crippen molar-refractivity contribution in [3.63, 3.8) is 0 Å². The van der Waals surface area contributed by atoms with Gasteiger partial charge in [0.05, 0.1) is 5.75 Å². The summed E-state index contributed by atoms with van der Waals surface area (Å²) >= 11 is 0. The van der Waals surface area contributed by atoms with Gasteiger partial charge in [0.25, 0.3) is 10.1 Å². The molecule has 0 spiro atoms. The fourth-order valence-corrected chi connectivity index (χ4v) is 2.94. The van der Waals surface area contributed by atoms with Gasteiger partial charge in [-0.15, -0.1) is 0 Å². The number of hydrogen-bond donors (Lipinski definition) is 1. The first kappa shape index (κ1) is 13.0. The summed E-state index contributed by atoms with van der Waals surface area (Å²) in [7, 11) is -3.73. The van der Waals surface area contributed by atoms with E-state index in [1.807, 2.05) is 0 Å². The molecular formula is C11H22O3S. The van der Waals surface area contributed by atoms with E-state index in [1.165, 1.54) is 38.5 Å². The third-order valence-corrected chi connectivity index (χ3v) is 4.04. The van der Waals surface area contributed by atoms with Crippen LogP contribution in [0.1, 0.15) is 57.8 Å². The van der Waals surface area contributed by atoms with Gasteiger partial charge in [0, 0.05) is 0 Å². The lowest BCUT2D eigenvalue weighted by Crippen LogP contribution is -2.07. The minimum absolute atomic E-state index is 0.0718. The topological polar surface area (TPSA) is 54.4 Å². The van der Waals surface area contributed by atoms with Crippen molar-refractivity contribution in [2.24, 2.45) is 5.92 Å². The first-order chi connectivity index (χ1) is 7.08. The van der Waals surface area contributed by atoms with Crippen LogP contribution < -0.4 is 0 Å². The van der Waals surface area contributed by atoms with Gasteiger partial charge in [0.2, 0.25) is 0 Å². The molecule has 0 aromatic heterocycles. The van der Waals surface area contributed by atoms with Crippen molar-refractivity contribution in [2.45, 2.75) is 57.8 Å². The Bertz CT molecular complexity index is 253. The molecule has 90 valence electrons. The molecule has 0 amide bonds. The first-order valence-electron chi connectivity index (χ1n) is 6.03. The highest BCUT2D eigenvalue weighted by molar-refractivity contribution is 7.85. The molecule has 0 aromatic rings. The standard InChI is InChI=1S/C11H22O3S/c12-15(13,14)10-6-2-5-9-11-7-3-1-4-8-11/h11H,1-10H2,(H,12,13,14). The van der Waals surface area contributed by atoms with E-state index in [2.05, 4.69) is 0 Å². The van der Waals surface area contributed by atoms with Gasteiger partial charge in [-0.05, 0) is 12.3 Å². The molecule has 0 atom stereocenters. The number of hydrogen-bond acceptors (Lipinski definition) is 2. The summed E-state index contributed by atoms with van der Waals surface area (Å²) in [5, 5.41) is 0. The lowest BCUT2D eigenvalue weighted by atomic mass is 9.86. The van der Waals surface area contributed by atoms with E-state index in [0.29, 0.717) is 6.42 Å². The molecule has 0 heterocycles. The average Bonchev–Trinajstić information content (AvgIpc) is 2.17. The first-order valence-corrected chi connectivity index (χ1v) is 7.64. The highest BCUT2D eigenvalue weighted by Gasteiger charge is 2.12. The Morgan fingerprint density at radius 2 is 1.67 bits per heavy atom. The van der Waals surface area contributed by atoms with Crippen LogP contribution in [0.15, 0.2) is 0 Å². The summed E-state index contributed by atoms with van der Waals surface area (Å²) in [6, 6.07) is 0. The van der Waals surface area contributed by atoms with E-state index in [4.69, 9.17) is 4.55 Å². The highest BCUT2D eigenvalue weighted by Crippen LogP contribution is 2.27. The number of unbranched alkanes of at least 4 members (excludes halogenated alkanes) is 2. The predicted octanol–water partition coefficient (Wildman–Crippen LogP) is 3.01.